The molecule has 0 aliphatic rings. The molecule has 2 rings (SSSR count). The van der Waals surface area contributed by atoms with Crippen molar-refractivity contribution >= 4 is 17.1 Å². The summed E-state index contributed by atoms with van der Waals surface area (Å²) in [5.74, 6) is -0.497. The highest BCUT2D eigenvalue weighted by molar-refractivity contribution is 5.88. The lowest BCUT2D eigenvalue weighted by atomic mass is 10.4. The van der Waals surface area contributed by atoms with Crippen molar-refractivity contribution < 1.29 is 9.53 Å². The Bertz CT molecular complexity index is 484. The number of methoxy groups -OCH3 is 1. The van der Waals surface area contributed by atoms with Gasteiger partial charge in [-0.25, -0.2) is 19.7 Å². The zero-order valence-electron chi connectivity index (χ0n) is 7.47. The number of hydrogen-bond donors (Lipinski definition) is 0. The monoisotopic (exact) mass is 189 g/mol. The molecular formula is C9H7N3O2. The zero-order chi connectivity index (χ0) is 9.97. The van der Waals surface area contributed by atoms with Crippen LogP contribution in [0.15, 0.2) is 24.5 Å². The Morgan fingerprint density at radius 2 is 2.29 bits per heavy atom. The first kappa shape index (κ1) is 8.55. The van der Waals surface area contributed by atoms with Crippen LogP contribution in [0.25, 0.3) is 11.2 Å². The van der Waals surface area contributed by atoms with Gasteiger partial charge in [0.15, 0.2) is 11.3 Å². The highest BCUT2D eigenvalue weighted by atomic mass is 16.5. The first-order valence-corrected chi connectivity index (χ1v) is 3.97. The van der Waals surface area contributed by atoms with Crippen LogP contribution in [0.2, 0.25) is 0 Å². The van der Waals surface area contributed by atoms with E-state index in [1.807, 2.05) is 0 Å². The Morgan fingerprint density at radius 1 is 1.43 bits per heavy atom. The minimum atomic E-state index is -0.497. The van der Waals surface area contributed by atoms with Crippen LogP contribution in [-0.4, -0.2) is 28.0 Å². The number of esters is 1. The Morgan fingerprint density at radius 3 is 3.07 bits per heavy atom. The number of nitrogens with zero attached hydrogens (tertiary/aromatic N) is 3. The van der Waals surface area contributed by atoms with Crippen molar-refractivity contribution in [1.82, 2.24) is 15.0 Å². The van der Waals surface area contributed by atoms with E-state index in [1.165, 1.54) is 13.3 Å². The summed E-state index contributed by atoms with van der Waals surface area (Å²) >= 11 is 0. The van der Waals surface area contributed by atoms with E-state index in [0.29, 0.717) is 11.2 Å². The van der Waals surface area contributed by atoms with Gasteiger partial charge in [-0.2, -0.15) is 0 Å². The van der Waals surface area contributed by atoms with E-state index in [1.54, 1.807) is 18.3 Å². The molecule has 2 heterocycles. The topological polar surface area (TPSA) is 65.0 Å². The van der Waals surface area contributed by atoms with Crippen molar-refractivity contribution in [3.8, 4) is 0 Å². The molecule has 0 amide bonds. The average molecular weight is 189 g/mol. The highest BCUT2D eigenvalue weighted by Crippen LogP contribution is 2.05. The van der Waals surface area contributed by atoms with Gasteiger partial charge in [0.05, 0.1) is 13.3 Å². The Labute approximate surface area is 79.8 Å². The van der Waals surface area contributed by atoms with Crippen LogP contribution in [0.3, 0.4) is 0 Å². The van der Waals surface area contributed by atoms with E-state index in [9.17, 15) is 4.79 Å². The summed E-state index contributed by atoms with van der Waals surface area (Å²) in [5, 5.41) is 0. The molecular weight excluding hydrogens is 182 g/mol. The fourth-order valence-electron chi connectivity index (χ4n) is 1.06. The smallest absolute Gasteiger partial charge is 0.358 e. The Balaban J connectivity index is 2.56. The van der Waals surface area contributed by atoms with Crippen LogP contribution >= 0.6 is 0 Å². The third-order valence-electron chi connectivity index (χ3n) is 1.71. The number of rotatable bonds is 1. The van der Waals surface area contributed by atoms with E-state index in [4.69, 9.17) is 0 Å². The van der Waals surface area contributed by atoms with E-state index in [-0.39, 0.29) is 5.69 Å². The fourth-order valence-corrected chi connectivity index (χ4v) is 1.06. The second-order valence-electron chi connectivity index (χ2n) is 2.59. The normalized spacial score (nSPS) is 10.1. The zero-order valence-corrected chi connectivity index (χ0v) is 7.47. The van der Waals surface area contributed by atoms with Gasteiger partial charge in [0.25, 0.3) is 0 Å². The molecule has 0 aliphatic heterocycles. The first-order chi connectivity index (χ1) is 6.81. The van der Waals surface area contributed by atoms with Crippen molar-refractivity contribution in [3.05, 3.63) is 30.2 Å². The quantitative estimate of drug-likeness (QED) is 0.621. The Hall–Kier alpha value is -2.04. The molecule has 0 bridgehead atoms. The van der Waals surface area contributed by atoms with Crippen LogP contribution in [0.4, 0.5) is 0 Å². The lowest BCUT2D eigenvalue weighted by molar-refractivity contribution is 0.0594. The van der Waals surface area contributed by atoms with Crippen molar-refractivity contribution in [2.45, 2.75) is 0 Å². The van der Waals surface area contributed by atoms with Gasteiger partial charge >= 0.3 is 5.97 Å². The molecule has 5 heteroatoms. The maximum absolute atomic E-state index is 11.1. The molecule has 2 aromatic rings. The van der Waals surface area contributed by atoms with E-state index in [2.05, 4.69) is 19.7 Å². The molecule has 0 aromatic carbocycles. The van der Waals surface area contributed by atoms with Crippen molar-refractivity contribution in [3.63, 3.8) is 0 Å². The molecule has 2 aromatic heterocycles. The summed E-state index contributed by atoms with van der Waals surface area (Å²) in [6, 6.07) is 3.47. The maximum Gasteiger partial charge on any atom is 0.358 e. The number of hydrogen-bond acceptors (Lipinski definition) is 5. The molecule has 0 N–H and O–H groups in total. The molecule has 0 unspecified atom stereocenters. The molecule has 0 atom stereocenters. The van der Waals surface area contributed by atoms with Gasteiger partial charge in [-0.15, -0.1) is 0 Å². The summed E-state index contributed by atoms with van der Waals surface area (Å²) < 4.78 is 4.52. The average Bonchev–Trinajstić information content (AvgIpc) is 2.27. The molecule has 70 valence electrons. The predicted molar refractivity (Wildman–Crippen MR) is 48.7 cm³/mol. The van der Waals surface area contributed by atoms with Gasteiger partial charge < -0.3 is 4.74 Å². The molecule has 5 nitrogen and oxygen atoms in total. The molecule has 0 saturated heterocycles. The molecule has 0 spiro atoms. The molecule has 0 radical (unpaired) electrons. The van der Waals surface area contributed by atoms with Crippen LogP contribution in [0.5, 0.6) is 0 Å². The third-order valence-corrected chi connectivity index (χ3v) is 1.71. The summed E-state index contributed by atoms with van der Waals surface area (Å²) in [4.78, 5) is 23.1. The molecule has 0 fully saturated rings. The van der Waals surface area contributed by atoms with Crippen LogP contribution in [0.1, 0.15) is 10.5 Å². The standard InChI is InChI=1S/C9H7N3O2/c1-14-9(13)7-5-11-8-6(12-7)3-2-4-10-8/h2-5H,1H3. The van der Waals surface area contributed by atoms with E-state index in [0.717, 1.165) is 0 Å². The second-order valence-corrected chi connectivity index (χ2v) is 2.59. The second kappa shape index (κ2) is 3.37. The number of pyridine rings is 1. The fraction of sp³-hybridized carbons (Fsp3) is 0.111. The third kappa shape index (κ3) is 1.39. The number of carbonyl (C=O) groups excluding carboxylic acids is 1. The number of ether oxygens (including phenoxy) is 1. The van der Waals surface area contributed by atoms with Crippen molar-refractivity contribution in [1.29, 1.82) is 0 Å². The Kier molecular flexibility index (Phi) is 2.06. The van der Waals surface area contributed by atoms with Crippen molar-refractivity contribution in [2.75, 3.05) is 7.11 Å². The SMILES string of the molecule is COC(=O)c1cnc2ncccc2n1. The lowest BCUT2D eigenvalue weighted by Gasteiger charge is -1.98. The van der Waals surface area contributed by atoms with Gasteiger partial charge in [-0.1, -0.05) is 0 Å². The van der Waals surface area contributed by atoms with Gasteiger partial charge in [-0.05, 0) is 12.1 Å². The van der Waals surface area contributed by atoms with Crippen molar-refractivity contribution in [2.24, 2.45) is 0 Å². The molecule has 0 saturated carbocycles. The van der Waals surface area contributed by atoms with Gasteiger partial charge in [0.1, 0.15) is 5.52 Å². The highest BCUT2D eigenvalue weighted by Gasteiger charge is 2.08. The molecule has 0 aliphatic carbocycles. The van der Waals surface area contributed by atoms with E-state index < -0.39 is 5.97 Å². The first-order valence-electron chi connectivity index (χ1n) is 3.97. The summed E-state index contributed by atoms with van der Waals surface area (Å²) in [5.41, 5.74) is 1.28. The maximum atomic E-state index is 11.1. The summed E-state index contributed by atoms with van der Waals surface area (Å²) in [7, 11) is 1.30. The summed E-state index contributed by atoms with van der Waals surface area (Å²) in [6.45, 7) is 0. The van der Waals surface area contributed by atoms with Crippen LogP contribution in [-0.2, 0) is 4.74 Å². The van der Waals surface area contributed by atoms with Crippen LogP contribution < -0.4 is 0 Å². The largest absolute Gasteiger partial charge is 0.464 e. The summed E-state index contributed by atoms with van der Waals surface area (Å²) in [6.07, 6.45) is 2.97. The minimum Gasteiger partial charge on any atom is -0.464 e. The number of fused-ring (bicyclic) bond motifs is 1. The lowest BCUT2D eigenvalue weighted by Crippen LogP contribution is -2.05. The van der Waals surface area contributed by atoms with Gasteiger partial charge in [0.2, 0.25) is 0 Å². The molecule has 14 heavy (non-hydrogen) atoms. The number of aromatic nitrogens is 3. The number of carbonyl (C=O) groups is 1. The van der Waals surface area contributed by atoms with Gasteiger partial charge in [0, 0.05) is 6.20 Å². The van der Waals surface area contributed by atoms with E-state index >= 15 is 0 Å². The van der Waals surface area contributed by atoms with Crippen LogP contribution in [0, 0.1) is 0 Å². The predicted octanol–water partition coefficient (Wildman–Crippen LogP) is 0.811. The minimum absolute atomic E-state index is 0.188. The van der Waals surface area contributed by atoms with Gasteiger partial charge in [-0.3, -0.25) is 0 Å².